The maximum atomic E-state index is 14.0. The van der Waals surface area contributed by atoms with Crippen molar-refractivity contribution in [2.45, 2.75) is 62.9 Å². The third kappa shape index (κ3) is 2.42. The summed E-state index contributed by atoms with van der Waals surface area (Å²) in [5.41, 5.74) is -0.172. The monoisotopic (exact) mass is 420 g/mol. The van der Waals surface area contributed by atoms with Gasteiger partial charge in [0.2, 0.25) is 11.9 Å². The van der Waals surface area contributed by atoms with E-state index in [-0.39, 0.29) is 16.4 Å². The van der Waals surface area contributed by atoms with Crippen LogP contribution in [0.4, 0.5) is 10.1 Å². The van der Waals surface area contributed by atoms with E-state index in [1.165, 1.54) is 6.42 Å². The van der Waals surface area contributed by atoms with Gasteiger partial charge in [0.05, 0.1) is 27.3 Å². The maximum absolute atomic E-state index is 14.0. The molecular weight excluding hydrogens is 399 g/mol. The van der Waals surface area contributed by atoms with Crippen molar-refractivity contribution in [2.75, 3.05) is 18.0 Å². The summed E-state index contributed by atoms with van der Waals surface area (Å²) in [6.07, 6.45) is 4.75. The molecule has 3 aliphatic rings. The zero-order chi connectivity index (χ0) is 18.7. The molecule has 1 aliphatic carbocycles. The van der Waals surface area contributed by atoms with Crippen molar-refractivity contribution < 1.29 is 9.18 Å². The van der Waals surface area contributed by atoms with Crippen molar-refractivity contribution in [2.24, 2.45) is 0 Å². The number of amides is 1. The molecule has 26 heavy (non-hydrogen) atoms. The fraction of sp³-hybridized carbons (Fsp3) is 0.632. The molecule has 5 nitrogen and oxygen atoms in total. The van der Waals surface area contributed by atoms with Gasteiger partial charge in [-0.3, -0.25) is 9.69 Å². The minimum absolute atomic E-state index is 0.0382. The molecule has 138 valence electrons. The van der Waals surface area contributed by atoms with Crippen LogP contribution in [0.15, 0.2) is 10.5 Å². The van der Waals surface area contributed by atoms with E-state index in [0.29, 0.717) is 24.2 Å². The smallest absolute Gasteiger partial charge is 0.239 e. The Balaban J connectivity index is 1.63. The van der Waals surface area contributed by atoms with Crippen molar-refractivity contribution in [1.29, 1.82) is 5.26 Å². The van der Waals surface area contributed by atoms with Gasteiger partial charge in [0.1, 0.15) is 5.54 Å². The number of nitriles is 1. The molecular formula is C19H22BrFN4O. The molecule has 0 bridgehead atoms. The van der Waals surface area contributed by atoms with E-state index < -0.39 is 16.9 Å². The number of pyridine rings is 1. The van der Waals surface area contributed by atoms with E-state index in [4.69, 9.17) is 0 Å². The standard InChI is InChI=1S/C19H22BrFN4O/c1-18(2)15-14(8-13(20)16(21)23-15)25(17(18)26)12-9-19(10-12,11-22)24-6-4-3-5-7-24/h8,12H,3-7,9-10H2,1-2H3. The molecule has 7 heteroatoms. The summed E-state index contributed by atoms with van der Waals surface area (Å²) in [4.78, 5) is 21.2. The number of likely N-dealkylation sites (tertiary alicyclic amines) is 1. The molecule has 0 radical (unpaired) electrons. The Labute approximate surface area is 161 Å². The maximum Gasteiger partial charge on any atom is 0.239 e. The first kappa shape index (κ1) is 17.9. The number of halogens is 2. The number of carbonyl (C=O) groups excluding carboxylic acids is 1. The quantitative estimate of drug-likeness (QED) is 0.686. The van der Waals surface area contributed by atoms with E-state index in [1.807, 2.05) is 0 Å². The fourth-order valence-corrected chi connectivity index (χ4v) is 4.92. The van der Waals surface area contributed by atoms with Crippen molar-refractivity contribution in [3.05, 3.63) is 22.2 Å². The molecule has 0 spiro atoms. The van der Waals surface area contributed by atoms with Gasteiger partial charge in [0, 0.05) is 18.9 Å². The largest absolute Gasteiger partial charge is 0.306 e. The first-order valence-electron chi connectivity index (χ1n) is 9.17. The fourth-order valence-electron chi connectivity index (χ4n) is 4.62. The van der Waals surface area contributed by atoms with E-state index in [9.17, 15) is 14.4 Å². The number of fused-ring (bicyclic) bond motifs is 1. The Morgan fingerprint density at radius 2 is 1.96 bits per heavy atom. The van der Waals surface area contributed by atoms with Crippen molar-refractivity contribution in [3.8, 4) is 6.07 Å². The molecule has 1 saturated carbocycles. The SMILES string of the molecule is CC1(C)C(=O)N(C2CC(C#N)(N3CCCCC3)C2)c2cc(Br)c(F)nc21. The number of piperidine rings is 1. The molecule has 0 aromatic carbocycles. The highest BCUT2D eigenvalue weighted by atomic mass is 79.9. The van der Waals surface area contributed by atoms with Gasteiger partial charge in [-0.1, -0.05) is 6.42 Å². The van der Waals surface area contributed by atoms with Crippen LogP contribution in [-0.2, 0) is 10.2 Å². The van der Waals surface area contributed by atoms with Gasteiger partial charge in [0.25, 0.3) is 0 Å². The highest BCUT2D eigenvalue weighted by Crippen LogP contribution is 2.49. The zero-order valence-corrected chi connectivity index (χ0v) is 16.6. The summed E-state index contributed by atoms with van der Waals surface area (Å²) in [7, 11) is 0. The number of hydrogen-bond donors (Lipinski definition) is 0. The molecule has 3 heterocycles. The van der Waals surface area contributed by atoms with Crippen LogP contribution < -0.4 is 4.90 Å². The van der Waals surface area contributed by atoms with Crippen LogP contribution in [0.2, 0.25) is 0 Å². The Bertz CT molecular complexity index is 806. The van der Waals surface area contributed by atoms with Gasteiger partial charge in [-0.2, -0.15) is 9.65 Å². The predicted octanol–water partition coefficient (Wildman–Crippen LogP) is 3.52. The molecule has 1 saturated heterocycles. The normalized spacial score (nSPS) is 30.7. The molecule has 0 atom stereocenters. The average molecular weight is 421 g/mol. The van der Waals surface area contributed by atoms with Crippen LogP contribution in [0.1, 0.15) is 51.6 Å². The minimum Gasteiger partial charge on any atom is -0.306 e. The molecule has 1 aromatic heterocycles. The lowest BCUT2D eigenvalue weighted by Crippen LogP contribution is -2.64. The van der Waals surface area contributed by atoms with Gasteiger partial charge in [-0.05, 0) is 61.8 Å². The van der Waals surface area contributed by atoms with Crippen LogP contribution in [0.5, 0.6) is 0 Å². The topological polar surface area (TPSA) is 60.2 Å². The van der Waals surface area contributed by atoms with Crippen LogP contribution in [0, 0.1) is 17.3 Å². The van der Waals surface area contributed by atoms with Gasteiger partial charge in [-0.15, -0.1) is 0 Å². The van der Waals surface area contributed by atoms with Crippen LogP contribution >= 0.6 is 15.9 Å². The molecule has 0 unspecified atom stereocenters. The Kier molecular flexibility index (Phi) is 4.12. The number of carbonyl (C=O) groups is 1. The second-order valence-electron chi connectivity index (χ2n) is 8.18. The highest BCUT2D eigenvalue weighted by Gasteiger charge is 2.57. The van der Waals surface area contributed by atoms with E-state index >= 15 is 0 Å². The van der Waals surface area contributed by atoms with Crippen LogP contribution in [-0.4, -0.2) is 40.5 Å². The lowest BCUT2D eigenvalue weighted by molar-refractivity contribution is -0.123. The first-order valence-corrected chi connectivity index (χ1v) is 9.96. The summed E-state index contributed by atoms with van der Waals surface area (Å²) in [5.74, 6) is -0.660. The van der Waals surface area contributed by atoms with Gasteiger partial charge < -0.3 is 4.90 Å². The summed E-state index contributed by atoms with van der Waals surface area (Å²) < 4.78 is 14.2. The molecule has 1 aromatic rings. The lowest BCUT2D eigenvalue weighted by Gasteiger charge is -2.53. The lowest BCUT2D eigenvalue weighted by atomic mass is 9.70. The van der Waals surface area contributed by atoms with E-state index in [1.54, 1.807) is 24.8 Å². The Hall–Kier alpha value is -1.52. The van der Waals surface area contributed by atoms with Gasteiger partial charge >= 0.3 is 0 Å². The van der Waals surface area contributed by atoms with E-state index in [2.05, 4.69) is 31.9 Å². The number of anilines is 1. The molecule has 0 N–H and O–H groups in total. The zero-order valence-electron chi connectivity index (χ0n) is 15.1. The van der Waals surface area contributed by atoms with Crippen molar-refractivity contribution in [1.82, 2.24) is 9.88 Å². The summed E-state index contributed by atoms with van der Waals surface area (Å²) in [6, 6.07) is 4.13. The second kappa shape index (κ2) is 6.00. The average Bonchev–Trinajstić information content (AvgIpc) is 2.77. The third-order valence-corrected chi connectivity index (χ3v) is 6.76. The van der Waals surface area contributed by atoms with Crippen LogP contribution in [0.25, 0.3) is 0 Å². The summed E-state index contributed by atoms with van der Waals surface area (Å²) in [6.45, 7) is 5.48. The van der Waals surface area contributed by atoms with Crippen molar-refractivity contribution >= 4 is 27.5 Å². The van der Waals surface area contributed by atoms with Gasteiger partial charge in [-0.25, -0.2) is 4.98 Å². The molecule has 2 aliphatic heterocycles. The number of aromatic nitrogens is 1. The number of rotatable bonds is 2. The molecule has 4 rings (SSSR count). The van der Waals surface area contributed by atoms with Crippen molar-refractivity contribution in [3.63, 3.8) is 0 Å². The molecule has 2 fully saturated rings. The Morgan fingerprint density at radius 3 is 2.58 bits per heavy atom. The highest BCUT2D eigenvalue weighted by molar-refractivity contribution is 9.10. The van der Waals surface area contributed by atoms with Crippen LogP contribution in [0.3, 0.4) is 0 Å². The second-order valence-corrected chi connectivity index (χ2v) is 9.04. The number of hydrogen-bond acceptors (Lipinski definition) is 4. The third-order valence-electron chi connectivity index (χ3n) is 6.20. The van der Waals surface area contributed by atoms with Gasteiger partial charge in [0.15, 0.2) is 0 Å². The summed E-state index contributed by atoms with van der Waals surface area (Å²) >= 11 is 3.19. The Morgan fingerprint density at radius 1 is 1.31 bits per heavy atom. The molecule has 1 amide bonds. The number of nitrogens with zero attached hydrogens (tertiary/aromatic N) is 4. The van der Waals surface area contributed by atoms with E-state index in [0.717, 1.165) is 25.9 Å². The summed E-state index contributed by atoms with van der Waals surface area (Å²) in [5, 5.41) is 9.83. The predicted molar refractivity (Wildman–Crippen MR) is 99.2 cm³/mol. The first-order chi connectivity index (χ1) is 12.3. The minimum atomic E-state index is -0.854.